The Bertz CT molecular complexity index is 743. The molecule has 0 radical (unpaired) electrons. The van der Waals surface area contributed by atoms with Crippen LogP contribution in [0.4, 0.5) is 4.39 Å². The van der Waals surface area contributed by atoms with Crippen molar-refractivity contribution in [2.24, 2.45) is 0 Å². The molecule has 3 nitrogen and oxygen atoms in total. The number of amides is 1. The van der Waals surface area contributed by atoms with Crippen LogP contribution in [0, 0.1) is 17.7 Å². The van der Waals surface area contributed by atoms with E-state index in [4.69, 9.17) is 0 Å². The minimum absolute atomic E-state index is 0.0982. The van der Waals surface area contributed by atoms with Crippen molar-refractivity contribution in [3.63, 3.8) is 0 Å². The molecule has 1 aliphatic rings. The van der Waals surface area contributed by atoms with Crippen molar-refractivity contribution in [1.29, 1.82) is 0 Å². The lowest BCUT2D eigenvalue weighted by molar-refractivity contribution is -0.140. The number of pyridine rings is 1. The van der Waals surface area contributed by atoms with Crippen LogP contribution in [-0.4, -0.2) is 29.4 Å². The van der Waals surface area contributed by atoms with E-state index in [2.05, 4.69) is 16.8 Å². The first-order valence-electron chi connectivity index (χ1n) is 6.62. The van der Waals surface area contributed by atoms with Crippen LogP contribution in [-0.2, 0) is 4.79 Å². The molecule has 0 bridgehead atoms. The fourth-order valence-corrected chi connectivity index (χ4v) is 2.21. The summed E-state index contributed by atoms with van der Waals surface area (Å²) in [6.45, 7) is 0.708. The third-order valence-electron chi connectivity index (χ3n) is 3.45. The fourth-order valence-electron chi connectivity index (χ4n) is 2.21. The number of hydrogen-bond acceptors (Lipinski definition) is 2. The van der Waals surface area contributed by atoms with Gasteiger partial charge in [0.1, 0.15) is 5.82 Å². The molecule has 1 aliphatic heterocycles. The highest BCUT2D eigenvalue weighted by atomic mass is 19.1. The number of benzene rings is 1. The number of hydrogen-bond donors (Lipinski definition) is 0. The molecular weight excluding hydrogens is 267 g/mol. The smallest absolute Gasteiger partial charge is 0.233 e. The van der Waals surface area contributed by atoms with Gasteiger partial charge in [-0.1, -0.05) is 17.9 Å². The summed E-state index contributed by atoms with van der Waals surface area (Å²) >= 11 is 0. The third kappa shape index (κ3) is 2.77. The Kier molecular flexibility index (Phi) is 3.41. The van der Waals surface area contributed by atoms with Crippen LogP contribution in [0.2, 0.25) is 0 Å². The van der Waals surface area contributed by atoms with Crippen LogP contribution in [0.15, 0.2) is 42.6 Å². The van der Waals surface area contributed by atoms with Crippen molar-refractivity contribution >= 4 is 5.91 Å². The van der Waals surface area contributed by atoms with Gasteiger partial charge in [-0.2, -0.15) is 0 Å². The first-order chi connectivity index (χ1) is 10.1. The molecule has 0 saturated carbocycles. The summed E-state index contributed by atoms with van der Waals surface area (Å²) in [5.41, 5.74) is 2.13. The van der Waals surface area contributed by atoms with E-state index in [9.17, 15) is 9.18 Å². The molecule has 2 aromatic rings. The van der Waals surface area contributed by atoms with E-state index in [1.165, 1.54) is 12.1 Å². The summed E-state index contributed by atoms with van der Waals surface area (Å²) in [5.74, 6) is 5.50. The molecule has 2 heterocycles. The predicted molar refractivity (Wildman–Crippen MR) is 77.0 cm³/mol. The zero-order valence-corrected chi connectivity index (χ0v) is 11.5. The maximum absolute atomic E-state index is 13.0. The standard InChI is InChI=1S/C17H13FN2O/c1-20-11-15(17(20)21)16-8-7-13(10-19-16)6-5-12-3-2-4-14(18)9-12/h2-4,7-10,15H,11H2,1H3. The summed E-state index contributed by atoms with van der Waals surface area (Å²) in [6, 6.07) is 9.80. The summed E-state index contributed by atoms with van der Waals surface area (Å²) in [6.07, 6.45) is 1.65. The number of nitrogens with zero attached hydrogens (tertiary/aromatic N) is 2. The summed E-state index contributed by atoms with van der Waals surface area (Å²) in [4.78, 5) is 17.6. The summed E-state index contributed by atoms with van der Waals surface area (Å²) < 4.78 is 13.0. The third-order valence-corrected chi connectivity index (χ3v) is 3.45. The van der Waals surface area contributed by atoms with Gasteiger partial charge in [-0.05, 0) is 30.3 Å². The van der Waals surface area contributed by atoms with Crippen molar-refractivity contribution in [2.45, 2.75) is 5.92 Å². The van der Waals surface area contributed by atoms with Crippen molar-refractivity contribution in [3.05, 3.63) is 65.2 Å². The average molecular weight is 280 g/mol. The number of likely N-dealkylation sites (N-methyl/N-ethyl adjacent to an activating group) is 1. The Balaban J connectivity index is 1.75. The Morgan fingerprint density at radius 3 is 2.67 bits per heavy atom. The van der Waals surface area contributed by atoms with E-state index in [1.807, 2.05) is 12.1 Å². The fraction of sp³-hybridized carbons (Fsp3) is 0.176. The van der Waals surface area contributed by atoms with Gasteiger partial charge in [0, 0.05) is 30.9 Å². The average Bonchev–Trinajstić information content (AvgIpc) is 2.51. The molecule has 1 saturated heterocycles. The molecule has 0 N–H and O–H groups in total. The number of β-lactam (4-membered cyclic amide) rings is 1. The first-order valence-corrected chi connectivity index (χ1v) is 6.62. The second-order valence-electron chi connectivity index (χ2n) is 5.00. The Morgan fingerprint density at radius 1 is 1.24 bits per heavy atom. The van der Waals surface area contributed by atoms with Crippen LogP contribution < -0.4 is 0 Å². The van der Waals surface area contributed by atoms with Gasteiger partial charge in [-0.15, -0.1) is 0 Å². The minimum atomic E-state index is -0.303. The van der Waals surface area contributed by atoms with Crippen molar-refractivity contribution in [3.8, 4) is 11.8 Å². The summed E-state index contributed by atoms with van der Waals surface area (Å²) in [7, 11) is 1.78. The van der Waals surface area contributed by atoms with E-state index in [1.54, 1.807) is 30.3 Å². The zero-order chi connectivity index (χ0) is 14.8. The topological polar surface area (TPSA) is 33.2 Å². The van der Waals surface area contributed by atoms with Crippen molar-refractivity contribution in [2.75, 3.05) is 13.6 Å². The van der Waals surface area contributed by atoms with E-state index < -0.39 is 0 Å². The molecule has 1 fully saturated rings. The van der Waals surface area contributed by atoms with Gasteiger partial charge in [0.25, 0.3) is 0 Å². The van der Waals surface area contributed by atoms with E-state index >= 15 is 0 Å². The lowest BCUT2D eigenvalue weighted by Crippen LogP contribution is -2.48. The minimum Gasteiger partial charge on any atom is -0.344 e. The second kappa shape index (κ2) is 5.37. The van der Waals surface area contributed by atoms with Crippen molar-refractivity contribution in [1.82, 2.24) is 9.88 Å². The van der Waals surface area contributed by atoms with Gasteiger partial charge >= 0.3 is 0 Å². The Morgan fingerprint density at radius 2 is 2.05 bits per heavy atom. The predicted octanol–water partition coefficient (Wildman–Crippen LogP) is 2.18. The van der Waals surface area contributed by atoms with Gasteiger partial charge in [-0.3, -0.25) is 9.78 Å². The number of aromatic nitrogens is 1. The molecule has 3 rings (SSSR count). The monoisotopic (exact) mass is 280 g/mol. The van der Waals surface area contributed by atoms with Gasteiger partial charge in [-0.25, -0.2) is 4.39 Å². The molecule has 21 heavy (non-hydrogen) atoms. The largest absolute Gasteiger partial charge is 0.344 e. The van der Waals surface area contributed by atoms with Crippen LogP contribution in [0.1, 0.15) is 22.7 Å². The van der Waals surface area contributed by atoms with Crippen LogP contribution in [0.3, 0.4) is 0 Å². The van der Waals surface area contributed by atoms with E-state index in [-0.39, 0.29) is 17.6 Å². The highest BCUT2D eigenvalue weighted by molar-refractivity contribution is 5.88. The molecular formula is C17H13FN2O. The van der Waals surface area contributed by atoms with Gasteiger partial charge in [0.15, 0.2) is 0 Å². The zero-order valence-electron chi connectivity index (χ0n) is 11.5. The molecule has 104 valence electrons. The number of halogens is 1. The van der Waals surface area contributed by atoms with Crippen molar-refractivity contribution < 1.29 is 9.18 Å². The van der Waals surface area contributed by atoms with Gasteiger partial charge in [0.2, 0.25) is 5.91 Å². The highest BCUT2D eigenvalue weighted by Gasteiger charge is 2.35. The first kappa shape index (κ1) is 13.3. The quantitative estimate of drug-likeness (QED) is 0.592. The Labute approximate surface area is 122 Å². The summed E-state index contributed by atoms with van der Waals surface area (Å²) in [5, 5.41) is 0. The van der Waals surface area contributed by atoms with E-state index in [0.29, 0.717) is 12.1 Å². The van der Waals surface area contributed by atoms with Crippen LogP contribution >= 0.6 is 0 Å². The number of likely N-dealkylation sites (tertiary alicyclic amines) is 1. The lowest BCUT2D eigenvalue weighted by Gasteiger charge is -2.34. The molecule has 0 spiro atoms. The Hall–Kier alpha value is -2.67. The van der Waals surface area contributed by atoms with Gasteiger partial charge < -0.3 is 4.90 Å². The van der Waals surface area contributed by atoms with Crippen LogP contribution in [0.5, 0.6) is 0 Å². The number of carbonyl (C=O) groups excluding carboxylic acids is 1. The maximum atomic E-state index is 13.0. The maximum Gasteiger partial charge on any atom is 0.233 e. The molecule has 1 unspecified atom stereocenters. The number of rotatable bonds is 1. The molecule has 0 aliphatic carbocycles. The lowest BCUT2D eigenvalue weighted by atomic mass is 9.95. The molecule has 1 aromatic carbocycles. The molecule has 4 heteroatoms. The molecule has 1 aromatic heterocycles. The highest BCUT2D eigenvalue weighted by Crippen LogP contribution is 2.25. The van der Waals surface area contributed by atoms with Crippen LogP contribution in [0.25, 0.3) is 0 Å². The van der Waals surface area contributed by atoms with E-state index in [0.717, 1.165) is 11.3 Å². The number of carbonyl (C=O) groups is 1. The second-order valence-corrected chi connectivity index (χ2v) is 5.00. The normalized spacial score (nSPS) is 17.0. The SMILES string of the molecule is CN1CC(c2ccc(C#Cc3cccc(F)c3)cn2)C1=O. The van der Waals surface area contributed by atoms with Gasteiger partial charge in [0.05, 0.1) is 11.6 Å². The molecule has 1 amide bonds. The molecule has 1 atom stereocenters.